The van der Waals surface area contributed by atoms with Crippen LogP contribution in [0.2, 0.25) is 0 Å². The molecule has 13 heavy (non-hydrogen) atoms. The molecule has 1 aromatic carbocycles. The van der Waals surface area contributed by atoms with Crippen LogP contribution in [0.4, 0.5) is 0 Å². The molecule has 2 unspecified atom stereocenters. The fraction of sp³-hybridized carbons (Fsp3) is 0.400. The Morgan fingerprint density at radius 1 is 1.38 bits per heavy atom. The first-order chi connectivity index (χ1) is 6.18. The van der Waals surface area contributed by atoms with Crippen molar-refractivity contribution < 1.29 is 5.11 Å². The highest BCUT2D eigenvalue weighted by Gasteiger charge is 2.05. The van der Waals surface area contributed by atoms with Gasteiger partial charge in [0.2, 0.25) is 0 Å². The van der Waals surface area contributed by atoms with Crippen molar-refractivity contribution in [3.05, 3.63) is 35.9 Å². The highest BCUT2D eigenvalue weighted by atomic mass is 16.3. The zero-order valence-corrected chi connectivity index (χ0v) is 7.77. The van der Waals surface area contributed by atoms with Crippen LogP contribution in [0.3, 0.4) is 0 Å². The first-order valence-electron chi connectivity index (χ1n) is 4.42. The molecule has 1 rings (SSSR count). The molecule has 0 aliphatic rings. The summed E-state index contributed by atoms with van der Waals surface area (Å²) in [5, 5.41) is 12.3. The van der Waals surface area contributed by atoms with Crippen LogP contribution >= 0.6 is 0 Å². The summed E-state index contributed by atoms with van der Waals surface area (Å²) in [5.74, 6) is 0. The van der Waals surface area contributed by atoms with Crippen molar-refractivity contribution in [3.8, 4) is 0 Å². The summed E-state index contributed by atoms with van der Waals surface area (Å²) in [7, 11) is 0. The third-order valence-electron chi connectivity index (χ3n) is 1.73. The van der Waals surface area contributed by atoms with E-state index in [2.05, 4.69) is 5.32 Å². The number of rotatable bonds is 4. The van der Waals surface area contributed by atoms with E-state index in [1.165, 1.54) is 0 Å². The van der Waals surface area contributed by atoms with Crippen LogP contribution in [0.1, 0.15) is 12.5 Å². The van der Waals surface area contributed by atoms with Gasteiger partial charge < -0.3 is 10.8 Å². The molecular weight excluding hydrogens is 164 g/mol. The predicted octanol–water partition coefficient (Wildman–Crippen LogP) is 0.442. The number of aliphatic hydroxyl groups is 1. The molecule has 1 aromatic rings. The fourth-order valence-electron chi connectivity index (χ4n) is 1.20. The second-order valence-electron chi connectivity index (χ2n) is 3.16. The molecule has 2 atom stereocenters. The molecule has 0 aromatic heterocycles. The Labute approximate surface area is 78.6 Å². The Morgan fingerprint density at radius 2 is 2.00 bits per heavy atom. The highest BCUT2D eigenvalue weighted by Crippen LogP contribution is 2.01. The van der Waals surface area contributed by atoms with Gasteiger partial charge in [0.25, 0.3) is 0 Å². The lowest BCUT2D eigenvalue weighted by Crippen LogP contribution is -2.42. The monoisotopic (exact) mass is 180 g/mol. The topological polar surface area (TPSA) is 58.3 Å². The van der Waals surface area contributed by atoms with Gasteiger partial charge in [-0.25, -0.2) is 0 Å². The zero-order valence-electron chi connectivity index (χ0n) is 7.77. The van der Waals surface area contributed by atoms with Crippen LogP contribution in [0.25, 0.3) is 0 Å². The fourth-order valence-corrected chi connectivity index (χ4v) is 1.20. The van der Waals surface area contributed by atoms with E-state index in [1.807, 2.05) is 30.3 Å². The molecule has 0 fully saturated rings. The third kappa shape index (κ3) is 4.03. The van der Waals surface area contributed by atoms with Gasteiger partial charge in [-0.15, -0.1) is 0 Å². The summed E-state index contributed by atoms with van der Waals surface area (Å²) in [6, 6.07) is 9.81. The standard InChI is InChI=1S/C10H16N2O/c1-8(11)12-10(13)7-9-5-3-2-4-6-9/h2-6,8,10,12-13H,7,11H2,1H3. The lowest BCUT2D eigenvalue weighted by Gasteiger charge is -2.15. The van der Waals surface area contributed by atoms with Crippen molar-refractivity contribution in [2.75, 3.05) is 0 Å². The van der Waals surface area contributed by atoms with Crippen LogP contribution < -0.4 is 11.1 Å². The van der Waals surface area contributed by atoms with Gasteiger partial charge in [-0.05, 0) is 12.5 Å². The summed E-state index contributed by atoms with van der Waals surface area (Å²) in [5.41, 5.74) is 6.58. The maximum atomic E-state index is 9.48. The minimum atomic E-state index is -0.567. The van der Waals surface area contributed by atoms with Gasteiger partial charge in [-0.1, -0.05) is 30.3 Å². The lowest BCUT2D eigenvalue weighted by atomic mass is 10.1. The molecule has 3 heteroatoms. The van der Waals surface area contributed by atoms with Gasteiger partial charge in [0.15, 0.2) is 0 Å². The van der Waals surface area contributed by atoms with Crippen molar-refractivity contribution in [3.63, 3.8) is 0 Å². The van der Waals surface area contributed by atoms with Crippen LogP contribution in [0.5, 0.6) is 0 Å². The summed E-state index contributed by atoms with van der Waals surface area (Å²) in [4.78, 5) is 0. The maximum Gasteiger partial charge on any atom is 0.110 e. The van der Waals surface area contributed by atoms with Gasteiger partial charge >= 0.3 is 0 Å². The van der Waals surface area contributed by atoms with Crippen molar-refractivity contribution in [1.29, 1.82) is 0 Å². The number of hydrogen-bond donors (Lipinski definition) is 3. The molecule has 0 heterocycles. The molecule has 0 spiro atoms. The van der Waals surface area contributed by atoms with Gasteiger partial charge in [0, 0.05) is 6.42 Å². The summed E-state index contributed by atoms with van der Waals surface area (Å²) in [6.07, 6.45) is -0.163. The molecule has 3 nitrogen and oxygen atoms in total. The normalized spacial score (nSPS) is 15.3. The van der Waals surface area contributed by atoms with E-state index in [1.54, 1.807) is 6.92 Å². The average molecular weight is 180 g/mol. The molecular formula is C10H16N2O. The maximum absolute atomic E-state index is 9.48. The number of nitrogens with one attached hydrogen (secondary N) is 1. The van der Waals surface area contributed by atoms with E-state index < -0.39 is 6.23 Å². The van der Waals surface area contributed by atoms with Crippen LogP contribution in [0.15, 0.2) is 30.3 Å². The Kier molecular flexibility index (Phi) is 3.89. The zero-order chi connectivity index (χ0) is 9.68. The molecule has 0 radical (unpaired) electrons. The molecule has 0 saturated carbocycles. The first-order valence-corrected chi connectivity index (χ1v) is 4.42. The Hall–Kier alpha value is -0.900. The largest absolute Gasteiger partial charge is 0.378 e. The van der Waals surface area contributed by atoms with Crippen molar-refractivity contribution in [2.45, 2.75) is 25.7 Å². The molecule has 0 amide bonds. The quantitative estimate of drug-likeness (QED) is 0.589. The summed E-state index contributed by atoms with van der Waals surface area (Å²) in [6.45, 7) is 1.80. The number of nitrogens with two attached hydrogens (primary N) is 1. The summed E-state index contributed by atoms with van der Waals surface area (Å²) < 4.78 is 0. The van der Waals surface area contributed by atoms with Crippen molar-refractivity contribution in [2.24, 2.45) is 5.73 Å². The van der Waals surface area contributed by atoms with E-state index in [0.717, 1.165) is 5.56 Å². The van der Waals surface area contributed by atoms with Crippen molar-refractivity contribution >= 4 is 0 Å². The highest BCUT2D eigenvalue weighted by molar-refractivity contribution is 5.15. The van der Waals surface area contributed by atoms with Crippen LogP contribution in [0, 0.1) is 0 Å². The van der Waals surface area contributed by atoms with E-state index in [-0.39, 0.29) is 6.17 Å². The van der Waals surface area contributed by atoms with E-state index in [0.29, 0.717) is 6.42 Å². The predicted molar refractivity (Wildman–Crippen MR) is 52.9 cm³/mol. The minimum Gasteiger partial charge on any atom is -0.378 e. The molecule has 0 saturated heterocycles. The van der Waals surface area contributed by atoms with E-state index >= 15 is 0 Å². The van der Waals surface area contributed by atoms with Crippen LogP contribution in [-0.2, 0) is 6.42 Å². The van der Waals surface area contributed by atoms with Crippen LogP contribution in [-0.4, -0.2) is 17.5 Å². The first kappa shape index (κ1) is 10.2. The second kappa shape index (κ2) is 4.97. The van der Waals surface area contributed by atoms with Gasteiger partial charge in [0.1, 0.15) is 6.23 Å². The molecule has 0 bridgehead atoms. The molecule has 4 N–H and O–H groups in total. The Balaban J connectivity index is 2.41. The van der Waals surface area contributed by atoms with Gasteiger partial charge in [-0.3, -0.25) is 5.32 Å². The SMILES string of the molecule is CC(N)NC(O)Cc1ccccc1. The van der Waals surface area contributed by atoms with Crippen molar-refractivity contribution in [1.82, 2.24) is 5.32 Å². The Bertz CT molecular complexity index is 236. The molecule has 0 aliphatic carbocycles. The lowest BCUT2D eigenvalue weighted by molar-refractivity contribution is 0.126. The smallest absolute Gasteiger partial charge is 0.110 e. The minimum absolute atomic E-state index is 0.182. The van der Waals surface area contributed by atoms with E-state index in [4.69, 9.17) is 5.73 Å². The Morgan fingerprint density at radius 3 is 2.54 bits per heavy atom. The average Bonchev–Trinajstić information content (AvgIpc) is 2.04. The third-order valence-corrected chi connectivity index (χ3v) is 1.73. The van der Waals surface area contributed by atoms with E-state index in [9.17, 15) is 5.11 Å². The number of aliphatic hydroxyl groups excluding tert-OH is 1. The number of hydrogen-bond acceptors (Lipinski definition) is 3. The second-order valence-corrected chi connectivity index (χ2v) is 3.16. The van der Waals surface area contributed by atoms with Gasteiger partial charge in [-0.2, -0.15) is 0 Å². The molecule has 72 valence electrons. The molecule has 0 aliphatic heterocycles. The number of benzene rings is 1. The van der Waals surface area contributed by atoms with Gasteiger partial charge in [0.05, 0.1) is 6.17 Å². The summed E-state index contributed by atoms with van der Waals surface area (Å²) >= 11 is 0.